The molecule has 2 aromatic carbocycles. The monoisotopic (exact) mass is 518 g/mol. The van der Waals surface area contributed by atoms with Crippen LogP contribution in [0.15, 0.2) is 51.7 Å². The van der Waals surface area contributed by atoms with E-state index in [-0.39, 0.29) is 11.5 Å². The van der Waals surface area contributed by atoms with Crippen LogP contribution in [0.3, 0.4) is 0 Å². The van der Waals surface area contributed by atoms with Gasteiger partial charge in [-0.2, -0.15) is 0 Å². The van der Waals surface area contributed by atoms with Crippen LogP contribution >= 0.6 is 27.5 Å². The number of unbranched alkanes of at least 4 members (excludes halogenated alkanes) is 3. The molecule has 0 aliphatic rings. The van der Waals surface area contributed by atoms with Gasteiger partial charge < -0.3 is 10.6 Å². The van der Waals surface area contributed by atoms with Crippen LogP contribution in [0.1, 0.15) is 54.8 Å². The van der Waals surface area contributed by atoms with E-state index >= 15 is 0 Å². The summed E-state index contributed by atoms with van der Waals surface area (Å²) < 4.78 is 2.43. The average molecular weight is 520 g/mol. The molecule has 6 nitrogen and oxygen atoms in total. The number of rotatable bonds is 9. The van der Waals surface area contributed by atoms with Gasteiger partial charge in [0.1, 0.15) is 5.82 Å². The maximum atomic E-state index is 13.5. The molecular weight excluding hydrogens is 492 g/mol. The summed E-state index contributed by atoms with van der Waals surface area (Å²) >= 11 is 9.55. The highest BCUT2D eigenvalue weighted by atomic mass is 79.9. The minimum atomic E-state index is -0.401. The fraction of sp³-hybridized carbons (Fsp3) is 0.375. The summed E-state index contributed by atoms with van der Waals surface area (Å²) in [6, 6.07) is 11.9. The van der Waals surface area contributed by atoms with Crippen LogP contribution < -0.4 is 11.3 Å². The minimum Gasteiger partial charge on any atom is -0.330 e. The highest BCUT2D eigenvalue weighted by Gasteiger charge is 2.26. The second-order valence-electron chi connectivity index (χ2n) is 7.88. The Morgan fingerprint density at radius 1 is 1.16 bits per heavy atom. The molecule has 0 saturated carbocycles. The van der Waals surface area contributed by atoms with Gasteiger partial charge in [0.2, 0.25) is 0 Å². The number of benzene rings is 2. The smallest absolute Gasteiger partial charge is 0.261 e. The Hall–Kier alpha value is -2.22. The Bertz CT molecular complexity index is 1150. The zero-order chi connectivity index (χ0) is 23.3. The molecule has 8 heteroatoms. The van der Waals surface area contributed by atoms with Crippen molar-refractivity contribution < 1.29 is 4.79 Å². The van der Waals surface area contributed by atoms with Gasteiger partial charge in [0.15, 0.2) is 0 Å². The molecule has 0 radical (unpaired) electrons. The van der Waals surface area contributed by atoms with Gasteiger partial charge in [0.05, 0.1) is 16.9 Å². The first-order valence-corrected chi connectivity index (χ1v) is 11.9. The number of carbonyl (C=O) groups excluding carboxylic acids is 1. The van der Waals surface area contributed by atoms with Crippen molar-refractivity contribution >= 4 is 44.3 Å². The van der Waals surface area contributed by atoms with Crippen molar-refractivity contribution in [3.63, 3.8) is 0 Å². The van der Waals surface area contributed by atoms with Gasteiger partial charge in [-0.05, 0) is 68.8 Å². The lowest BCUT2D eigenvalue weighted by atomic mass is 10.1. The molecule has 0 bridgehead atoms. The highest BCUT2D eigenvalue weighted by Crippen LogP contribution is 2.24. The second-order valence-corrected chi connectivity index (χ2v) is 9.23. The number of aromatic nitrogens is 2. The summed E-state index contributed by atoms with van der Waals surface area (Å²) in [5, 5.41) is 1.01. The summed E-state index contributed by atoms with van der Waals surface area (Å²) in [6.45, 7) is 3.14. The van der Waals surface area contributed by atoms with E-state index in [4.69, 9.17) is 22.3 Å². The summed E-state index contributed by atoms with van der Waals surface area (Å²) in [5.74, 6) is 0.432. The van der Waals surface area contributed by atoms with Gasteiger partial charge in [0, 0.05) is 28.7 Å². The first-order valence-electron chi connectivity index (χ1n) is 10.8. The number of amides is 1. The molecule has 0 fully saturated rings. The molecule has 0 aliphatic carbocycles. The Morgan fingerprint density at radius 2 is 1.84 bits per heavy atom. The first kappa shape index (κ1) is 24.4. The van der Waals surface area contributed by atoms with Gasteiger partial charge in [0.25, 0.3) is 11.5 Å². The molecule has 170 valence electrons. The van der Waals surface area contributed by atoms with Crippen LogP contribution in [-0.4, -0.2) is 33.4 Å². The molecule has 0 saturated heterocycles. The molecule has 1 unspecified atom stereocenters. The van der Waals surface area contributed by atoms with Gasteiger partial charge in [-0.3, -0.25) is 14.2 Å². The third kappa shape index (κ3) is 5.57. The molecule has 1 heterocycles. The zero-order valence-corrected chi connectivity index (χ0v) is 20.7. The van der Waals surface area contributed by atoms with Crippen molar-refractivity contribution in [1.82, 2.24) is 14.5 Å². The van der Waals surface area contributed by atoms with Gasteiger partial charge in [-0.25, -0.2) is 4.98 Å². The molecule has 3 aromatic rings. The topological polar surface area (TPSA) is 81.2 Å². The Kier molecular flexibility index (Phi) is 8.45. The molecule has 0 aliphatic heterocycles. The van der Waals surface area contributed by atoms with E-state index in [1.54, 1.807) is 42.3 Å². The van der Waals surface area contributed by atoms with Crippen molar-refractivity contribution in [2.75, 3.05) is 13.1 Å². The molecule has 2 N–H and O–H groups in total. The van der Waals surface area contributed by atoms with E-state index < -0.39 is 6.04 Å². The predicted octanol–water partition coefficient (Wildman–Crippen LogP) is 5.07. The quantitative estimate of drug-likeness (QED) is 0.400. The average Bonchev–Trinajstić information content (AvgIpc) is 2.78. The molecule has 1 aromatic heterocycles. The molecule has 1 amide bonds. The second kappa shape index (κ2) is 11.1. The highest BCUT2D eigenvalue weighted by molar-refractivity contribution is 9.10. The largest absolute Gasteiger partial charge is 0.330 e. The van der Waals surface area contributed by atoms with E-state index in [9.17, 15) is 9.59 Å². The predicted molar refractivity (Wildman–Crippen MR) is 133 cm³/mol. The number of hydrogen-bond acceptors (Lipinski definition) is 4. The number of carbonyl (C=O) groups is 1. The van der Waals surface area contributed by atoms with Gasteiger partial charge >= 0.3 is 0 Å². The van der Waals surface area contributed by atoms with E-state index in [2.05, 4.69) is 15.9 Å². The fourth-order valence-corrected chi connectivity index (χ4v) is 4.21. The third-order valence-corrected chi connectivity index (χ3v) is 6.38. The fourth-order valence-electron chi connectivity index (χ4n) is 3.78. The van der Waals surface area contributed by atoms with Crippen LogP contribution in [0.2, 0.25) is 5.02 Å². The van der Waals surface area contributed by atoms with E-state index in [0.717, 1.165) is 30.2 Å². The normalized spacial score (nSPS) is 12.2. The van der Waals surface area contributed by atoms with Crippen LogP contribution in [0.25, 0.3) is 10.9 Å². The Morgan fingerprint density at radius 3 is 2.53 bits per heavy atom. The van der Waals surface area contributed by atoms with E-state index in [0.29, 0.717) is 40.4 Å². The Balaban J connectivity index is 1.97. The third-order valence-electron chi connectivity index (χ3n) is 5.62. The van der Waals surface area contributed by atoms with Crippen molar-refractivity contribution in [3.05, 3.63) is 73.7 Å². The molecular formula is C24H28BrClN4O2. The summed E-state index contributed by atoms with van der Waals surface area (Å²) in [6.07, 6.45) is 3.82. The first-order chi connectivity index (χ1) is 15.3. The Labute approximate surface area is 201 Å². The minimum absolute atomic E-state index is 0.0933. The molecule has 0 spiro atoms. The van der Waals surface area contributed by atoms with Gasteiger partial charge in [-0.15, -0.1) is 0 Å². The number of nitrogens with two attached hydrogens (primary N) is 1. The number of hydrogen-bond donors (Lipinski definition) is 1. The number of fused-ring (bicyclic) bond motifs is 1. The van der Waals surface area contributed by atoms with Crippen LogP contribution in [0.5, 0.6) is 0 Å². The van der Waals surface area contributed by atoms with Crippen molar-refractivity contribution in [2.45, 2.75) is 38.6 Å². The van der Waals surface area contributed by atoms with Crippen molar-refractivity contribution in [3.8, 4) is 0 Å². The van der Waals surface area contributed by atoms with Crippen LogP contribution in [0.4, 0.5) is 0 Å². The zero-order valence-electron chi connectivity index (χ0n) is 18.4. The molecule has 1 atom stereocenters. The summed E-state index contributed by atoms with van der Waals surface area (Å²) in [4.78, 5) is 32.9. The van der Waals surface area contributed by atoms with Gasteiger partial charge in [-0.1, -0.05) is 40.4 Å². The van der Waals surface area contributed by atoms with Crippen LogP contribution in [-0.2, 0) is 7.05 Å². The van der Waals surface area contributed by atoms with E-state index in [1.807, 2.05) is 19.1 Å². The molecule has 32 heavy (non-hydrogen) atoms. The molecule has 3 rings (SSSR count). The van der Waals surface area contributed by atoms with Crippen molar-refractivity contribution in [1.29, 1.82) is 0 Å². The number of halogens is 2. The summed E-state index contributed by atoms with van der Waals surface area (Å²) in [7, 11) is 1.69. The maximum Gasteiger partial charge on any atom is 0.261 e. The lowest BCUT2D eigenvalue weighted by Crippen LogP contribution is -2.38. The standard InChI is InChI=1S/C24H28BrClN4O2/c1-16(22-28-21-15-19(26)11-12-20(21)24(32)29(22)2)30(14-6-4-3-5-13-27)23(31)17-7-9-18(25)10-8-17/h7-12,15-16H,3-6,13-14,27H2,1-2H3. The lowest BCUT2D eigenvalue weighted by molar-refractivity contribution is 0.0676. The van der Waals surface area contributed by atoms with E-state index in [1.165, 1.54) is 4.57 Å². The maximum absolute atomic E-state index is 13.5. The van der Waals surface area contributed by atoms with Crippen molar-refractivity contribution in [2.24, 2.45) is 12.8 Å². The summed E-state index contributed by atoms with van der Waals surface area (Å²) in [5.41, 5.74) is 6.56. The van der Waals surface area contributed by atoms with Crippen LogP contribution in [0, 0.1) is 0 Å². The SMILES string of the molecule is CC(c1nc2cc(Cl)ccc2c(=O)n1C)N(CCCCCCN)C(=O)c1ccc(Br)cc1. The number of nitrogens with zero attached hydrogens (tertiary/aromatic N) is 3. The lowest BCUT2D eigenvalue weighted by Gasteiger charge is -2.30.